The Morgan fingerprint density at radius 2 is 1.90 bits per heavy atom. The maximum atomic E-state index is 5.91. The van der Waals surface area contributed by atoms with Crippen molar-refractivity contribution in [2.24, 2.45) is 0 Å². The second-order valence-electron chi connectivity index (χ2n) is 4.98. The fraction of sp³-hybridized carbons (Fsp3) is 0.133. The fourth-order valence-corrected chi connectivity index (χ4v) is 2.49. The molecule has 5 nitrogen and oxygen atoms in total. The Labute approximate surface area is 130 Å². The van der Waals surface area contributed by atoms with Crippen LogP contribution in [0.5, 0.6) is 0 Å². The molecule has 0 saturated carbocycles. The van der Waals surface area contributed by atoms with Crippen molar-refractivity contribution in [1.82, 2.24) is 20.2 Å². The van der Waals surface area contributed by atoms with E-state index in [1.54, 1.807) is 4.68 Å². The Hall–Kier alpha value is -2.21. The molecule has 2 aromatic carbocycles. The van der Waals surface area contributed by atoms with Crippen LogP contribution in [0.3, 0.4) is 0 Å². The summed E-state index contributed by atoms with van der Waals surface area (Å²) in [6.07, 6.45) is 0. The van der Waals surface area contributed by atoms with E-state index in [1.165, 1.54) is 0 Å². The number of tetrazole rings is 1. The first kappa shape index (κ1) is 13.8. The Morgan fingerprint density at radius 1 is 1.10 bits per heavy atom. The minimum atomic E-state index is 0.673. The first-order chi connectivity index (χ1) is 10.0. The van der Waals surface area contributed by atoms with Crippen LogP contribution >= 0.6 is 15.9 Å². The van der Waals surface area contributed by atoms with E-state index in [2.05, 4.69) is 31.5 Å². The van der Waals surface area contributed by atoms with Gasteiger partial charge in [-0.05, 0) is 71.8 Å². The number of hydrogen-bond donors (Lipinski definition) is 1. The molecule has 0 aliphatic heterocycles. The number of aryl methyl sites for hydroxylation is 2. The van der Waals surface area contributed by atoms with E-state index in [4.69, 9.17) is 5.73 Å². The van der Waals surface area contributed by atoms with Gasteiger partial charge in [0.15, 0.2) is 5.82 Å². The number of nitrogen functional groups attached to an aromatic ring is 1. The standard InChI is InChI=1S/C15H14BrN5/c1-9-5-11(8-12(17)6-9)15-18-19-20-21(15)13-3-4-14(16)10(2)7-13/h3-8H,17H2,1-2H3. The summed E-state index contributed by atoms with van der Waals surface area (Å²) in [5, 5.41) is 12.0. The summed E-state index contributed by atoms with van der Waals surface area (Å²) in [6.45, 7) is 4.03. The third-order valence-corrected chi connectivity index (χ3v) is 4.10. The van der Waals surface area contributed by atoms with Crippen molar-refractivity contribution in [2.45, 2.75) is 13.8 Å². The maximum absolute atomic E-state index is 5.91. The normalized spacial score (nSPS) is 10.8. The van der Waals surface area contributed by atoms with Crippen molar-refractivity contribution < 1.29 is 0 Å². The van der Waals surface area contributed by atoms with Gasteiger partial charge in [-0.25, -0.2) is 0 Å². The van der Waals surface area contributed by atoms with Crippen molar-refractivity contribution in [2.75, 3.05) is 5.73 Å². The lowest BCUT2D eigenvalue weighted by Gasteiger charge is -2.08. The van der Waals surface area contributed by atoms with Crippen LogP contribution in [0, 0.1) is 13.8 Å². The number of rotatable bonds is 2. The summed E-state index contributed by atoms with van der Waals surface area (Å²) in [5.74, 6) is 0.673. The van der Waals surface area contributed by atoms with Crippen LogP contribution in [-0.4, -0.2) is 20.2 Å². The third-order valence-electron chi connectivity index (χ3n) is 3.21. The predicted octanol–water partition coefficient (Wildman–Crippen LogP) is 3.29. The lowest BCUT2D eigenvalue weighted by atomic mass is 10.1. The highest BCUT2D eigenvalue weighted by atomic mass is 79.9. The minimum Gasteiger partial charge on any atom is -0.399 e. The van der Waals surface area contributed by atoms with Crippen LogP contribution < -0.4 is 5.73 Å². The number of anilines is 1. The largest absolute Gasteiger partial charge is 0.399 e. The highest BCUT2D eigenvalue weighted by Crippen LogP contribution is 2.25. The second kappa shape index (κ2) is 5.29. The molecule has 3 aromatic rings. The van der Waals surface area contributed by atoms with Crippen molar-refractivity contribution in [1.29, 1.82) is 0 Å². The first-order valence-corrected chi connectivity index (χ1v) is 7.26. The molecule has 0 amide bonds. The van der Waals surface area contributed by atoms with Crippen LogP contribution in [0.2, 0.25) is 0 Å². The van der Waals surface area contributed by atoms with E-state index in [0.29, 0.717) is 11.5 Å². The van der Waals surface area contributed by atoms with Gasteiger partial charge < -0.3 is 5.73 Å². The van der Waals surface area contributed by atoms with E-state index < -0.39 is 0 Å². The number of aromatic nitrogens is 4. The lowest BCUT2D eigenvalue weighted by Crippen LogP contribution is -2.01. The molecule has 0 aliphatic carbocycles. The number of nitrogens with two attached hydrogens (primary N) is 1. The summed E-state index contributed by atoms with van der Waals surface area (Å²) in [5.41, 5.74) is 10.6. The maximum Gasteiger partial charge on any atom is 0.187 e. The molecule has 1 aromatic heterocycles. The average molecular weight is 344 g/mol. The molecule has 0 unspecified atom stereocenters. The topological polar surface area (TPSA) is 69.6 Å². The van der Waals surface area contributed by atoms with Gasteiger partial charge in [0, 0.05) is 15.7 Å². The molecule has 0 radical (unpaired) electrons. The highest BCUT2D eigenvalue weighted by molar-refractivity contribution is 9.10. The van der Waals surface area contributed by atoms with E-state index >= 15 is 0 Å². The van der Waals surface area contributed by atoms with Gasteiger partial charge in [-0.3, -0.25) is 0 Å². The molecule has 0 saturated heterocycles. The third kappa shape index (κ3) is 2.67. The van der Waals surface area contributed by atoms with Crippen LogP contribution in [0.1, 0.15) is 11.1 Å². The first-order valence-electron chi connectivity index (χ1n) is 6.47. The van der Waals surface area contributed by atoms with Crippen LogP contribution in [0.25, 0.3) is 17.1 Å². The zero-order valence-electron chi connectivity index (χ0n) is 11.7. The van der Waals surface area contributed by atoms with Gasteiger partial charge in [-0.1, -0.05) is 15.9 Å². The second-order valence-corrected chi connectivity index (χ2v) is 5.83. The molecule has 0 bridgehead atoms. The summed E-state index contributed by atoms with van der Waals surface area (Å²) in [4.78, 5) is 0. The summed E-state index contributed by atoms with van der Waals surface area (Å²) < 4.78 is 2.77. The van der Waals surface area contributed by atoms with E-state index in [-0.39, 0.29) is 0 Å². The number of nitrogens with zero attached hydrogens (tertiary/aromatic N) is 4. The predicted molar refractivity (Wildman–Crippen MR) is 86.2 cm³/mol. The Morgan fingerprint density at radius 3 is 2.62 bits per heavy atom. The zero-order chi connectivity index (χ0) is 15.0. The van der Waals surface area contributed by atoms with Gasteiger partial charge in [-0.2, -0.15) is 4.68 Å². The van der Waals surface area contributed by atoms with Gasteiger partial charge in [-0.15, -0.1) is 5.10 Å². The van der Waals surface area contributed by atoms with Crippen molar-refractivity contribution >= 4 is 21.6 Å². The van der Waals surface area contributed by atoms with Crippen LogP contribution in [-0.2, 0) is 0 Å². The Kier molecular flexibility index (Phi) is 3.47. The van der Waals surface area contributed by atoms with Crippen LogP contribution in [0.4, 0.5) is 5.69 Å². The van der Waals surface area contributed by atoms with E-state index in [9.17, 15) is 0 Å². The quantitative estimate of drug-likeness (QED) is 0.725. The molecule has 0 spiro atoms. The summed E-state index contributed by atoms with van der Waals surface area (Å²) in [7, 11) is 0. The molecule has 21 heavy (non-hydrogen) atoms. The lowest BCUT2D eigenvalue weighted by molar-refractivity contribution is 0.790. The molecular weight excluding hydrogens is 330 g/mol. The Balaban J connectivity index is 2.14. The van der Waals surface area contributed by atoms with Gasteiger partial charge in [0.25, 0.3) is 0 Å². The molecule has 0 atom stereocenters. The average Bonchev–Trinajstić information content (AvgIpc) is 2.90. The molecule has 106 valence electrons. The van der Waals surface area contributed by atoms with Gasteiger partial charge in [0.05, 0.1) is 5.69 Å². The van der Waals surface area contributed by atoms with Gasteiger partial charge >= 0.3 is 0 Å². The van der Waals surface area contributed by atoms with Crippen LogP contribution in [0.15, 0.2) is 40.9 Å². The minimum absolute atomic E-state index is 0.673. The molecule has 0 aliphatic rings. The summed E-state index contributed by atoms with van der Waals surface area (Å²) in [6, 6.07) is 11.8. The fourth-order valence-electron chi connectivity index (χ4n) is 2.24. The van der Waals surface area contributed by atoms with E-state index in [1.807, 2.05) is 50.2 Å². The smallest absolute Gasteiger partial charge is 0.187 e. The van der Waals surface area contributed by atoms with E-state index in [0.717, 1.165) is 26.9 Å². The van der Waals surface area contributed by atoms with Crippen molar-refractivity contribution in [3.8, 4) is 17.1 Å². The van der Waals surface area contributed by atoms with Gasteiger partial charge in [0.2, 0.25) is 0 Å². The summed E-state index contributed by atoms with van der Waals surface area (Å²) >= 11 is 3.50. The number of benzene rings is 2. The molecule has 0 fully saturated rings. The van der Waals surface area contributed by atoms with Crippen molar-refractivity contribution in [3.05, 3.63) is 52.0 Å². The molecule has 2 N–H and O–H groups in total. The molecule has 6 heteroatoms. The Bertz CT molecular complexity index is 789. The molecule has 1 heterocycles. The molecular formula is C15H14BrN5. The van der Waals surface area contributed by atoms with Crippen molar-refractivity contribution in [3.63, 3.8) is 0 Å². The van der Waals surface area contributed by atoms with Gasteiger partial charge in [0.1, 0.15) is 0 Å². The SMILES string of the molecule is Cc1cc(N)cc(-c2nnnn2-c2ccc(Br)c(C)c2)c1. The number of hydrogen-bond acceptors (Lipinski definition) is 4. The monoisotopic (exact) mass is 343 g/mol. The highest BCUT2D eigenvalue weighted by Gasteiger charge is 2.12. The molecule has 3 rings (SSSR count). The number of halogens is 1. The zero-order valence-corrected chi connectivity index (χ0v) is 13.3.